The van der Waals surface area contributed by atoms with Crippen LogP contribution >= 0.6 is 0 Å². The number of carbonyl (C=O) groups is 4. The molecule has 0 unspecified atom stereocenters. The molecule has 1 amide bonds. The van der Waals surface area contributed by atoms with Gasteiger partial charge in [0, 0.05) is 27.7 Å². The molecule has 24 heavy (non-hydrogen) atoms. The molecule has 130 valence electrons. The lowest BCUT2D eigenvalue weighted by molar-refractivity contribution is -0.147. The minimum absolute atomic E-state index is 0.00942. The van der Waals surface area contributed by atoms with Gasteiger partial charge in [-0.3, -0.25) is 19.2 Å². The SMILES string of the molecule is CC(=O)NC[C@H](OC(C)=O)c1ccc(OC(C)=O)c(OC(C)=O)c1. The molecule has 0 aliphatic heterocycles. The predicted octanol–water partition coefficient (Wildman–Crippen LogP) is 1.28. The lowest BCUT2D eigenvalue weighted by Crippen LogP contribution is -2.28. The smallest absolute Gasteiger partial charge is 0.308 e. The monoisotopic (exact) mass is 337 g/mol. The molecular formula is C16H19NO7. The summed E-state index contributed by atoms with van der Waals surface area (Å²) in [7, 11) is 0. The summed E-state index contributed by atoms with van der Waals surface area (Å²) < 4.78 is 15.2. The first-order chi connectivity index (χ1) is 11.2. The molecule has 0 aliphatic carbocycles. The van der Waals surface area contributed by atoms with E-state index in [1.165, 1.54) is 39.8 Å². The van der Waals surface area contributed by atoms with Gasteiger partial charge in [-0.05, 0) is 17.7 Å². The van der Waals surface area contributed by atoms with Crippen molar-refractivity contribution in [3.8, 4) is 11.5 Å². The maximum atomic E-state index is 11.3. The van der Waals surface area contributed by atoms with Crippen molar-refractivity contribution in [2.24, 2.45) is 0 Å². The van der Waals surface area contributed by atoms with Crippen molar-refractivity contribution < 1.29 is 33.4 Å². The van der Waals surface area contributed by atoms with Crippen LogP contribution in [0, 0.1) is 0 Å². The number of benzene rings is 1. The number of hydrogen-bond acceptors (Lipinski definition) is 7. The lowest BCUT2D eigenvalue weighted by Gasteiger charge is -2.19. The molecule has 0 saturated carbocycles. The van der Waals surface area contributed by atoms with E-state index in [0.717, 1.165) is 0 Å². The van der Waals surface area contributed by atoms with Crippen LogP contribution in [0.2, 0.25) is 0 Å². The van der Waals surface area contributed by atoms with E-state index >= 15 is 0 Å². The van der Waals surface area contributed by atoms with E-state index in [9.17, 15) is 19.2 Å². The number of hydrogen-bond donors (Lipinski definition) is 1. The van der Waals surface area contributed by atoms with Gasteiger partial charge in [-0.25, -0.2) is 0 Å². The molecule has 1 N–H and O–H groups in total. The van der Waals surface area contributed by atoms with Crippen LogP contribution in [0.4, 0.5) is 0 Å². The van der Waals surface area contributed by atoms with Gasteiger partial charge in [-0.15, -0.1) is 0 Å². The van der Waals surface area contributed by atoms with E-state index in [0.29, 0.717) is 5.56 Å². The minimum atomic E-state index is -0.785. The summed E-state index contributed by atoms with van der Waals surface area (Å²) in [5.41, 5.74) is 0.464. The third-order valence-electron chi connectivity index (χ3n) is 2.69. The van der Waals surface area contributed by atoms with Crippen molar-refractivity contribution in [3.05, 3.63) is 23.8 Å². The Morgan fingerprint density at radius 2 is 1.50 bits per heavy atom. The number of carbonyl (C=O) groups excluding carboxylic acids is 4. The van der Waals surface area contributed by atoms with E-state index in [-0.39, 0.29) is 24.0 Å². The molecule has 0 aromatic heterocycles. The Morgan fingerprint density at radius 3 is 2.00 bits per heavy atom. The highest BCUT2D eigenvalue weighted by molar-refractivity contribution is 5.74. The van der Waals surface area contributed by atoms with E-state index in [4.69, 9.17) is 14.2 Å². The maximum Gasteiger partial charge on any atom is 0.308 e. The molecule has 0 spiro atoms. The molecule has 0 saturated heterocycles. The molecule has 8 nitrogen and oxygen atoms in total. The Balaban J connectivity index is 3.17. The maximum absolute atomic E-state index is 11.3. The molecule has 8 heteroatoms. The normalized spacial score (nSPS) is 11.2. The summed E-state index contributed by atoms with van der Waals surface area (Å²) in [6.07, 6.45) is -0.785. The van der Waals surface area contributed by atoms with Gasteiger partial charge in [-0.1, -0.05) is 6.07 Å². The quantitative estimate of drug-likeness (QED) is 0.615. The summed E-state index contributed by atoms with van der Waals surface area (Å²) in [4.78, 5) is 44.7. The Bertz CT molecular complexity index is 654. The van der Waals surface area contributed by atoms with Crippen LogP contribution < -0.4 is 14.8 Å². The first kappa shape index (κ1) is 19.1. The lowest BCUT2D eigenvalue weighted by atomic mass is 10.1. The molecule has 1 aromatic carbocycles. The topological polar surface area (TPSA) is 108 Å². The molecule has 0 radical (unpaired) electrons. The van der Waals surface area contributed by atoms with Crippen molar-refractivity contribution in [1.82, 2.24) is 5.32 Å². The van der Waals surface area contributed by atoms with Gasteiger partial charge < -0.3 is 19.5 Å². The minimum Gasteiger partial charge on any atom is -0.456 e. The van der Waals surface area contributed by atoms with Crippen LogP contribution in [0.25, 0.3) is 0 Å². The van der Waals surface area contributed by atoms with Crippen molar-refractivity contribution in [3.63, 3.8) is 0 Å². The number of esters is 3. The number of ether oxygens (including phenoxy) is 3. The molecule has 1 atom stereocenters. The van der Waals surface area contributed by atoms with Gasteiger partial charge >= 0.3 is 17.9 Å². The van der Waals surface area contributed by atoms with Gasteiger partial charge in [-0.2, -0.15) is 0 Å². The molecule has 0 fully saturated rings. The first-order valence-corrected chi connectivity index (χ1v) is 7.11. The van der Waals surface area contributed by atoms with E-state index in [2.05, 4.69) is 5.32 Å². The van der Waals surface area contributed by atoms with Crippen molar-refractivity contribution >= 4 is 23.8 Å². The van der Waals surface area contributed by atoms with Crippen LogP contribution in [0.15, 0.2) is 18.2 Å². The highest BCUT2D eigenvalue weighted by Gasteiger charge is 2.19. The van der Waals surface area contributed by atoms with Gasteiger partial charge in [0.1, 0.15) is 6.10 Å². The second kappa shape index (κ2) is 8.66. The van der Waals surface area contributed by atoms with E-state index in [1.807, 2.05) is 0 Å². The summed E-state index contributed by atoms with van der Waals surface area (Å²) in [5.74, 6) is -1.94. The van der Waals surface area contributed by atoms with Crippen LogP contribution in [-0.2, 0) is 23.9 Å². The standard InChI is InChI=1S/C16H19NO7/c1-9(18)17-8-16(24-12(4)21)13-5-6-14(22-10(2)19)15(7-13)23-11(3)20/h5-7,16H,8H2,1-4H3,(H,17,18)/t16-/m0/s1. The number of nitrogens with one attached hydrogen (secondary N) is 1. The van der Waals surface area contributed by atoms with E-state index < -0.39 is 24.0 Å². The fraction of sp³-hybridized carbons (Fsp3) is 0.375. The molecule has 1 rings (SSSR count). The molecule has 0 heterocycles. The number of rotatable bonds is 6. The van der Waals surface area contributed by atoms with Crippen LogP contribution in [0.1, 0.15) is 39.4 Å². The van der Waals surface area contributed by atoms with Gasteiger partial charge in [0.25, 0.3) is 0 Å². The summed E-state index contributed by atoms with van der Waals surface area (Å²) in [5, 5.41) is 2.55. The Morgan fingerprint density at radius 1 is 0.917 bits per heavy atom. The second-order valence-corrected chi connectivity index (χ2v) is 4.93. The fourth-order valence-electron chi connectivity index (χ4n) is 1.86. The van der Waals surface area contributed by atoms with Gasteiger partial charge in [0.15, 0.2) is 11.5 Å². The van der Waals surface area contributed by atoms with Crippen LogP contribution in [-0.4, -0.2) is 30.4 Å². The molecular weight excluding hydrogens is 318 g/mol. The average molecular weight is 337 g/mol. The van der Waals surface area contributed by atoms with Gasteiger partial charge in [0.05, 0.1) is 6.54 Å². The Kier molecular flexibility index (Phi) is 6.91. The second-order valence-electron chi connectivity index (χ2n) is 4.93. The molecule has 1 aromatic rings. The molecule has 0 aliphatic rings. The largest absolute Gasteiger partial charge is 0.456 e. The molecule has 0 bridgehead atoms. The van der Waals surface area contributed by atoms with Crippen molar-refractivity contribution in [2.45, 2.75) is 33.8 Å². The first-order valence-electron chi connectivity index (χ1n) is 7.11. The third kappa shape index (κ3) is 6.47. The summed E-state index contributed by atoms with van der Waals surface area (Å²) >= 11 is 0. The van der Waals surface area contributed by atoms with E-state index in [1.54, 1.807) is 6.07 Å². The van der Waals surface area contributed by atoms with Crippen LogP contribution in [0.3, 0.4) is 0 Å². The third-order valence-corrected chi connectivity index (χ3v) is 2.69. The number of amides is 1. The zero-order valence-corrected chi connectivity index (χ0v) is 13.9. The summed E-state index contributed by atoms with van der Waals surface area (Å²) in [6, 6.07) is 4.37. The van der Waals surface area contributed by atoms with Crippen LogP contribution in [0.5, 0.6) is 11.5 Å². The van der Waals surface area contributed by atoms with Gasteiger partial charge in [0.2, 0.25) is 5.91 Å². The zero-order valence-electron chi connectivity index (χ0n) is 13.9. The Labute approximate surface area is 139 Å². The summed E-state index contributed by atoms with van der Waals surface area (Å²) in [6.45, 7) is 5.02. The predicted molar refractivity (Wildman–Crippen MR) is 82.3 cm³/mol. The average Bonchev–Trinajstić information content (AvgIpc) is 2.43. The fourth-order valence-corrected chi connectivity index (χ4v) is 1.86. The van der Waals surface area contributed by atoms with Crippen molar-refractivity contribution in [2.75, 3.05) is 6.54 Å². The van der Waals surface area contributed by atoms with Crippen molar-refractivity contribution in [1.29, 1.82) is 0 Å². The highest BCUT2D eigenvalue weighted by atomic mass is 16.6. The Hall–Kier alpha value is -2.90. The highest BCUT2D eigenvalue weighted by Crippen LogP contribution is 2.32. The zero-order chi connectivity index (χ0) is 18.3.